The minimum Gasteiger partial charge on any atom is -0.475 e. The lowest BCUT2D eigenvalue weighted by Gasteiger charge is -2.24. The van der Waals surface area contributed by atoms with Gasteiger partial charge >= 0.3 is 12.1 Å². The molecular weight excluding hydrogens is 436 g/mol. The van der Waals surface area contributed by atoms with E-state index >= 15 is 0 Å². The quantitative estimate of drug-likeness (QED) is 0.692. The van der Waals surface area contributed by atoms with Gasteiger partial charge in [0.05, 0.1) is 30.6 Å². The highest BCUT2D eigenvalue weighted by Gasteiger charge is 2.38. The minimum atomic E-state index is -5.08. The second kappa shape index (κ2) is 10.1. The van der Waals surface area contributed by atoms with E-state index in [-0.39, 0.29) is 17.4 Å². The predicted octanol–water partition coefficient (Wildman–Crippen LogP) is 2.75. The average Bonchev–Trinajstić information content (AvgIpc) is 3.49. The summed E-state index contributed by atoms with van der Waals surface area (Å²) in [6, 6.07) is 3.33. The molecule has 32 heavy (non-hydrogen) atoms. The molecule has 174 valence electrons. The van der Waals surface area contributed by atoms with Gasteiger partial charge < -0.3 is 14.7 Å². The summed E-state index contributed by atoms with van der Waals surface area (Å²) in [4.78, 5) is 27.1. The van der Waals surface area contributed by atoms with Crippen molar-refractivity contribution in [1.29, 1.82) is 0 Å². The first-order chi connectivity index (χ1) is 15.1. The Bertz CT molecular complexity index is 946. The molecule has 2 aromatic heterocycles. The molecule has 0 bridgehead atoms. The van der Waals surface area contributed by atoms with Crippen LogP contribution in [0.4, 0.5) is 17.6 Å². The van der Waals surface area contributed by atoms with E-state index in [9.17, 15) is 22.4 Å². The largest absolute Gasteiger partial charge is 0.490 e. The minimum absolute atomic E-state index is 0.0561. The van der Waals surface area contributed by atoms with E-state index in [1.165, 1.54) is 25.1 Å². The number of ether oxygens (including phenoxy) is 1. The summed E-state index contributed by atoms with van der Waals surface area (Å²) in [5, 5.41) is 11.5. The van der Waals surface area contributed by atoms with Gasteiger partial charge in [0.1, 0.15) is 0 Å². The molecule has 1 aliphatic carbocycles. The fourth-order valence-corrected chi connectivity index (χ4v) is 3.20. The fraction of sp³-hybridized carbons (Fsp3) is 0.500. The van der Waals surface area contributed by atoms with Crippen LogP contribution in [0.2, 0.25) is 0 Å². The number of pyridine rings is 1. The number of halogens is 4. The molecule has 1 amide bonds. The number of carboxylic acids is 1. The van der Waals surface area contributed by atoms with Crippen LogP contribution in [0, 0.1) is 17.7 Å². The third-order valence-corrected chi connectivity index (χ3v) is 5.00. The first-order valence-electron chi connectivity index (χ1n) is 9.92. The summed E-state index contributed by atoms with van der Waals surface area (Å²) in [6.07, 6.45) is 1.67. The van der Waals surface area contributed by atoms with E-state index < -0.39 is 18.0 Å². The molecule has 4 rings (SSSR count). The van der Waals surface area contributed by atoms with Gasteiger partial charge in [-0.3, -0.25) is 14.5 Å². The number of aromatic nitrogens is 3. The Balaban J connectivity index is 0.000000360. The zero-order valence-corrected chi connectivity index (χ0v) is 17.0. The number of carbonyl (C=O) groups excluding carboxylic acids is 1. The van der Waals surface area contributed by atoms with Crippen molar-refractivity contribution < 1.29 is 37.0 Å². The molecule has 2 aliphatic rings. The molecule has 0 radical (unpaired) electrons. The maximum absolute atomic E-state index is 14.0. The Hall–Kier alpha value is -3.02. The van der Waals surface area contributed by atoms with Crippen molar-refractivity contribution >= 4 is 11.9 Å². The molecule has 3 heterocycles. The smallest absolute Gasteiger partial charge is 0.475 e. The Labute approximate surface area is 180 Å². The first kappa shape index (κ1) is 23.6. The molecule has 1 saturated carbocycles. The molecule has 8 nitrogen and oxygen atoms in total. The molecule has 12 heteroatoms. The van der Waals surface area contributed by atoms with Crippen molar-refractivity contribution in [2.75, 3.05) is 19.8 Å². The van der Waals surface area contributed by atoms with Gasteiger partial charge in [0.2, 0.25) is 0 Å². The SMILES string of the molecule is O=C(O)C(F)(F)F.O=C(c1ccncc1F)N1Cc2ccnn2CC(COCC2CC2)C1. The standard InChI is InChI=1S/C18H21FN4O2.C2HF3O2/c19-17-7-20-5-4-16(17)18(24)22-8-14(12-25-11-13-1-2-13)9-23-15(10-22)3-6-21-23;3-2(4,5)1(6)7/h3-7,13-14H,1-2,8-12H2;(H,6,7). The van der Waals surface area contributed by atoms with Crippen molar-refractivity contribution in [2.45, 2.75) is 32.1 Å². The summed E-state index contributed by atoms with van der Waals surface area (Å²) in [5.74, 6) is -2.83. The third-order valence-electron chi connectivity index (χ3n) is 5.00. The lowest BCUT2D eigenvalue weighted by molar-refractivity contribution is -0.192. The normalized spacial score (nSPS) is 18.2. The van der Waals surface area contributed by atoms with E-state index in [4.69, 9.17) is 14.6 Å². The Morgan fingerprint density at radius 1 is 1.12 bits per heavy atom. The molecule has 1 atom stereocenters. The second-order valence-electron chi connectivity index (χ2n) is 7.70. The summed E-state index contributed by atoms with van der Waals surface area (Å²) in [7, 11) is 0. The molecule has 1 aliphatic heterocycles. The maximum Gasteiger partial charge on any atom is 0.490 e. The van der Waals surface area contributed by atoms with E-state index in [1.807, 2.05) is 10.7 Å². The molecular formula is C20H22F4N4O4. The topological polar surface area (TPSA) is 97.5 Å². The van der Waals surface area contributed by atoms with Crippen molar-refractivity contribution in [1.82, 2.24) is 19.7 Å². The van der Waals surface area contributed by atoms with E-state index in [0.29, 0.717) is 32.2 Å². The highest BCUT2D eigenvalue weighted by molar-refractivity contribution is 5.94. The average molecular weight is 458 g/mol. The van der Waals surface area contributed by atoms with Gasteiger partial charge in [-0.2, -0.15) is 18.3 Å². The number of hydrogen-bond donors (Lipinski definition) is 1. The van der Waals surface area contributed by atoms with Gasteiger partial charge in [0.15, 0.2) is 5.82 Å². The molecule has 0 spiro atoms. The number of aliphatic carboxylic acids is 1. The number of amides is 1. The Kier molecular flexibility index (Phi) is 7.44. The predicted molar refractivity (Wildman–Crippen MR) is 102 cm³/mol. The van der Waals surface area contributed by atoms with Crippen molar-refractivity contribution in [3.63, 3.8) is 0 Å². The molecule has 0 aromatic carbocycles. The van der Waals surface area contributed by atoms with Gasteiger partial charge in [-0.25, -0.2) is 9.18 Å². The lowest BCUT2D eigenvalue weighted by Crippen LogP contribution is -2.36. The van der Waals surface area contributed by atoms with Crippen molar-refractivity contribution in [3.8, 4) is 0 Å². The molecule has 1 fully saturated rings. The lowest BCUT2D eigenvalue weighted by atomic mass is 10.1. The van der Waals surface area contributed by atoms with Crippen LogP contribution < -0.4 is 0 Å². The molecule has 0 saturated heterocycles. The summed E-state index contributed by atoms with van der Waals surface area (Å²) < 4.78 is 53.5. The first-order valence-corrected chi connectivity index (χ1v) is 9.92. The van der Waals surface area contributed by atoms with Crippen LogP contribution in [-0.4, -0.2) is 62.6 Å². The number of rotatable bonds is 5. The van der Waals surface area contributed by atoms with Crippen LogP contribution >= 0.6 is 0 Å². The van der Waals surface area contributed by atoms with Crippen LogP contribution in [0.3, 0.4) is 0 Å². The van der Waals surface area contributed by atoms with Gasteiger partial charge in [0.25, 0.3) is 5.91 Å². The third kappa shape index (κ3) is 6.49. The monoisotopic (exact) mass is 458 g/mol. The summed E-state index contributed by atoms with van der Waals surface area (Å²) in [5.41, 5.74) is 1.01. The van der Waals surface area contributed by atoms with Gasteiger partial charge in [-0.15, -0.1) is 0 Å². The number of nitrogens with zero attached hydrogens (tertiary/aromatic N) is 4. The van der Waals surface area contributed by atoms with Gasteiger partial charge in [0, 0.05) is 38.0 Å². The van der Waals surface area contributed by atoms with Crippen LogP contribution in [-0.2, 0) is 22.6 Å². The van der Waals surface area contributed by atoms with Crippen LogP contribution in [0.5, 0.6) is 0 Å². The fourth-order valence-electron chi connectivity index (χ4n) is 3.20. The Morgan fingerprint density at radius 3 is 2.44 bits per heavy atom. The van der Waals surface area contributed by atoms with E-state index in [0.717, 1.165) is 18.5 Å². The highest BCUT2D eigenvalue weighted by Crippen LogP contribution is 2.29. The molecule has 1 unspecified atom stereocenters. The summed E-state index contributed by atoms with van der Waals surface area (Å²) in [6.45, 7) is 3.01. The van der Waals surface area contributed by atoms with Crippen LogP contribution in [0.1, 0.15) is 28.9 Å². The zero-order chi connectivity index (χ0) is 23.3. The molecule has 2 aromatic rings. The zero-order valence-electron chi connectivity index (χ0n) is 17.0. The van der Waals surface area contributed by atoms with Gasteiger partial charge in [-0.05, 0) is 30.9 Å². The van der Waals surface area contributed by atoms with Gasteiger partial charge in [-0.1, -0.05) is 0 Å². The summed E-state index contributed by atoms with van der Waals surface area (Å²) >= 11 is 0. The highest BCUT2D eigenvalue weighted by atomic mass is 19.4. The number of carboxylic acid groups (broad SMARTS) is 1. The second-order valence-corrected chi connectivity index (χ2v) is 7.70. The number of carbonyl (C=O) groups is 2. The number of alkyl halides is 3. The van der Waals surface area contributed by atoms with Crippen LogP contribution in [0.15, 0.2) is 30.7 Å². The van der Waals surface area contributed by atoms with Crippen LogP contribution in [0.25, 0.3) is 0 Å². The Morgan fingerprint density at radius 2 is 1.81 bits per heavy atom. The number of hydrogen-bond acceptors (Lipinski definition) is 5. The van der Waals surface area contributed by atoms with E-state index in [2.05, 4.69) is 10.1 Å². The van der Waals surface area contributed by atoms with Crippen molar-refractivity contribution in [3.05, 3.63) is 47.8 Å². The van der Waals surface area contributed by atoms with E-state index in [1.54, 1.807) is 11.1 Å². The maximum atomic E-state index is 14.0. The molecule has 1 N–H and O–H groups in total. The number of fused-ring (bicyclic) bond motifs is 1. The van der Waals surface area contributed by atoms with Crippen molar-refractivity contribution in [2.24, 2.45) is 11.8 Å².